The Bertz CT molecular complexity index is 548. The van der Waals surface area contributed by atoms with Crippen molar-refractivity contribution in [1.82, 2.24) is 19.8 Å². The highest BCUT2D eigenvalue weighted by atomic mass is 16.2. The minimum atomic E-state index is 0.296. The van der Waals surface area contributed by atoms with Crippen molar-refractivity contribution in [2.75, 3.05) is 50.7 Å². The second-order valence-corrected chi connectivity index (χ2v) is 6.63. The zero-order valence-corrected chi connectivity index (χ0v) is 14.3. The third-order valence-electron chi connectivity index (χ3n) is 4.79. The van der Waals surface area contributed by atoms with Crippen molar-refractivity contribution in [2.45, 2.75) is 33.1 Å². The van der Waals surface area contributed by atoms with Gasteiger partial charge in [-0.15, -0.1) is 0 Å². The van der Waals surface area contributed by atoms with Crippen LogP contribution in [0.15, 0.2) is 6.20 Å². The first-order valence-electron chi connectivity index (χ1n) is 8.69. The second kappa shape index (κ2) is 7.25. The molecule has 2 aliphatic rings. The van der Waals surface area contributed by atoms with E-state index < -0.39 is 0 Å². The van der Waals surface area contributed by atoms with Crippen LogP contribution in [0.2, 0.25) is 0 Å². The molecule has 0 radical (unpaired) electrons. The summed E-state index contributed by atoms with van der Waals surface area (Å²) in [5.41, 5.74) is 1.93. The minimum absolute atomic E-state index is 0.296. The zero-order chi connectivity index (χ0) is 16.2. The molecule has 0 saturated carbocycles. The molecular formula is C17H27N5O. The molecular weight excluding hydrogens is 290 g/mol. The van der Waals surface area contributed by atoms with Gasteiger partial charge < -0.3 is 9.80 Å². The molecule has 2 fully saturated rings. The maximum atomic E-state index is 12.4. The van der Waals surface area contributed by atoms with Crippen LogP contribution in [0.1, 0.15) is 30.7 Å². The van der Waals surface area contributed by atoms with Crippen LogP contribution >= 0.6 is 0 Å². The van der Waals surface area contributed by atoms with Gasteiger partial charge in [0.1, 0.15) is 5.82 Å². The smallest absolute Gasteiger partial charge is 0.236 e. The third-order valence-corrected chi connectivity index (χ3v) is 4.79. The van der Waals surface area contributed by atoms with Gasteiger partial charge in [-0.2, -0.15) is 0 Å². The van der Waals surface area contributed by atoms with Crippen LogP contribution in [0, 0.1) is 13.8 Å². The first-order valence-corrected chi connectivity index (χ1v) is 8.69. The van der Waals surface area contributed by atoms with Gasteiger partial charge in [0.2, 0.25) is 5.91 Å². The molecule has 0 spiro atoms. The molecule has 23 heavy (non-hydrogen) atoms. The van der Waals surface area contributed by atoms with Crippen molar-refractivity contribution < 1.29 is 4.79 Å². The van der Waals surface area contributed by atoms with Crippen molar-refractivity contribution in [3.8, 4) is 0 Å². The predicted molar refractivity (Wildman–Crippen MR) is 90.6 cm³/mol. The molecule has 1 amide bonds. The lowest BCUT2D eigenvalue weighted by molar-refractivity contribution is -0.133. The molecule has 0 bridgehead atoms. The van der Waals surface area contributed by atoms with E-state index in [0.29, 0.717) is 12.5 Å². The van der Waals surface area contributed by atoms with Crippen LogP contribution in [0.3, 0.4) is 0 Å². The van der Waals surface area contributed by atoms with Gasteiger partial charge in [0.25, 0.3) is 0 Å². The van der Waals surface area contributed by atoms with E-state index in [1.54, 1.807) is 0 Å². The van der Waals surface area contributed by atoms with Crippen molar-refractivity contribution in [1.29, 1.82) is 0 Å². The SMILES string of the molecule is Cc1cnc(C)c(N2CCN(CC(=O)N3CCCCC3)CC2)n1. The highest BCUT2D eigenvalue weighted by Gasteiger charge is 2.24. The molecule has 126 valence electrons. The number of anilines is 1. The number of aryl methyl sites for hydroxylation is 2. The fourth-order valence-corrected chi connectivity index (χ4v) is 3.38. The molecule has 6 heteroatoms. The monoisotopic (exact) mass is 317 g/mol. The number of hydrogen-bond acceptors (Lipinski definition) is 5. The number of aromatic nitrogens is 2. The van der Waals surface area contributed by atoms with Crippen molar-refractivity contribution in [3.63, 3.8) is 0 Å². The fraction of sp³-hybridized carbons (Fsp3) is 0.706. The van der Waals surface area contributed by atoms with E-state index in [1.807, 2.05) is 24.9 Å². The summed E-state index contributed by atoms with van der Waals surface area (Å²) < 4.78 is 0. The van der Waals surface area contributed by atoms with Crippen LogP contribution in [-0.4, -0.2) is 71.5 Å². The van der Waals surface area contributed by atoms with E-state index >= 15 is 0 Å². The Morgan fingerprint density at radius 1 is 1.04 bits per heavy atom. The van der Waals surface area contributed by atoms with Crippen molar-refractivity contribution >= 4 is 11.7 Å². The van der Waals surface area contributed by atoms with Crippen LogP contribution in [0.4, 0.5) is 5.82 Å². The summed E-state index contributed by atoms with van der Waals surface area (Å²) in [5, 5.41) is 0. The number of rotatable bonds is 3. The molecule has 1 aromatic heterocycles. The Labute approximate surface area is 138 Å². The lowest BCUT2D eigenvalue weighted by atomic mass is 10.1. The Hall–Kier alpha value is -1.69. The average Bonchev–Trinajstić information content (AvgIpc) is 2.58. The summed E-state index contributed by atoms with van der Waals surface area (Å²) in [6, 6.07) is 0. The number of amides is 1. The standard InChI is InChI=1S/C17H27N5O/c1-14-12-18-15(2)17(19-14)22-10-8-20(9-11-22)13-16(23)21-6-4-3-5-7-21/h12H,3-11,13H2,1-2H3. The van der Waals surface area contributed by atoms with Gasteiger partial charge in [0, 0.05) is 45.5 Å². The van der Waals surface area contributed by atoms with Crippen LogP contribution < -0.4 is 4.90 Å². The van der Waals surface area contributed by atoms with Crippen molar-refractivity contribution in [3.05, 3.63) is 17.6 Å². The molecule has 0 aromatic carbocycles. The number of nitrogens with zero attached hydrogens (tertiary/aromatic N) is 5. The molecule has 6 nitrogen and oxygen atoms in total. The molecule has 0 unspecified atom stereocenters. The summed E-state index contributed by atoms with van der Waals surface area (Å²) in [6.45, 7) is 10.1. The van der Waals surface area contributed by atoms with E-state index in [-0.39, 0.29) is 0 Å². The van der Waals surface area contributed by atoms with Gasteiger partial charge in [-0.3, -0.25) is 14.7 Å². The predicted octanol–water partition coefficient (Wildman–Crippen LogP) is 1.23. The molecule has 0 atom stereocenters. The maximum absolute atomic E-state index is 12.4. The highest BCUT2D eigenvalue weighted by Crippen LogP contribution is 2.17. The summed E-state index contributed by atoms with van der Waals surface area (Å²) in [5.74, 6) is 1.29. The molecule has 1 aromatic rings. The summed E-state index contributed by atoms with van der Waals surface area (Å²) in [4.78, 5) is 28.0. The highest BCUT2D eigenvalue weighted by molar-refractivity contribution is 5.78. The number of piperazine rings is 1. The summed E-state index contributed by atoms with van der Waals surface area (Å²) in [7, 11) is 0. The van der Waals surface area contributed by atoms with Crippen LogP contribution in [-0.2, 0) is 4.79 Å². The molecule has 0 aliphatic carbocycles. The number of carbonyl (C=O) groups excluding carboxylic acids is 1. The molecule has 3 rings (SSSR count). The van der Waals surface area contributed by atoms with Crippen LogP contribution in [0.25, 0.3) is 0 Å². The second-order valence-electron chi connectivity index (χ2n) is 6.63. The lowest BCUT2D eigenvalue weighted by Gasteiger charge is -2.36. The lowest BCUT2D eigenvalue weighted by Crippen LogP contribution is -2.51. The van der Waals surface area contributed by atoms with Gasteiger partial charge in [-0.05, 0) is 33.1 Å². The van der Waals surface area contributed by atoms with Gasteiger partial charge in [-0.1, -0.05) is 0 Å². The number of piperidine rings is 1. The Morgan fingerprint density at radius 3 is 2.43 bits per heavy atom. The van der Waals surface area contributed by atoms with E-state index in [9.17, 15) is 4.79 Å². The average molecular weight is 317 g/mol. The van der Waals surface area contributed by atoms with Gasteiger partial charge >= 0.3 is 0 Å². The Balaban J connectivity index is 1.52. The van der Waals surface area contributed by atoms with E-state index in [1.165, 1.54) is 6.42 Å². The quantitative estimate of drug-likeness (QED) is 0.839. The summed E-state index contributed by atoms with van der Waals surface area (Å²) >= 11 is 0. The maximum Gasteiger partial charge on any atom is 0.236 e. The topological polar surface area (TPSA) is 52.6 Å². The molecule has 3 heterocycles. The minimum Gasteiger partial charge on any atom is -0.353 e. The van der Waals surface area contributed by atoms with Crippen molar-refractivity contribution in [2.24, 2.45) is 0 Å². The summed E-state index contributed by atoms with van der Waals surface area (Å²) in [6.07, 6.45) is 5.39. The first kappa shape index (κ1) is 16.2. The first-order chi connectivity index (χ1) is 11.1. The van der Waals surface area contributed by atoms with Gasteiger partial charge in [0.05, 0.1) is 17.9 Å². The van der Waals surface area contributed by atoms with E-state index in [0.717, 1.165) is 69.3 Å². The zero-order valence-electron chi connectivity index (χ0n) is 14.3. The van der Waals surface area contributed by atoms with E-state index in [2.05, 4.69) is 19.8 Å². The Kier molecular flexibility index (Phi) is 5.10. The van der Waals surface area contributed by atoms with Gasteiger partial charge in [-0.25, -0.2) is 4.98 Å². The normalized spacial score (nSPS) is 19.9. The molecule has 2 saturated heterocycles. The van der Waals surface area contributed by atoms with Crippen LogP contribution in [0.5, 0.6) is 0 Å². The number of hydrogen-bond donors (Lipinski definition) is 0. The number of likely N-dealkylation sites (tertiary alicyclic amines) is 1. The van der Waals surface area contributed by atoms with Gasteiger partial charge in [0.15, 0.2) is 0 Å². The fourth-order valence-electron chi connectivity index (χ4n) is 3.38. The largest absolute Gasteiger partial charge is 0.353 e. The van der Waals surface area contributed by atoms with E-state index in [4.69, 9.17) is 0 Å². The molecule has 2 aliphatic heterocycles. The molecule has 0 N–H and O–H groups in total. The Morgan fingerprint density at radius 2 is 1.74 bits per heavy atom. The number of carbonyl (C=O) groups is 1. The third kappa shape index (κ3) is 3.99.